The van der Waals surface area contributed by atoms with Crippen LogP contribution in [-0.4, -0.2) is 16.7 Å². The maximum absolute atomic E-state index is 5.44. The van der Waals surface area contributed by atoms with Crippen LogP contribution in [0.2, 0.25) is 0 Å². The van der Waals surface area contributed by atoms with E-state index in [1.54, 1.807) is 0 Å². The van der Waals surface area contributed by atoms with Crippen LogP contribution in [0, 0.1) is 0 Å². The molecule has 0 aromatic carbocycles. The Bertz CT molecular complexity index is 251. The largest absolute Gasteiger partial charge is 0.360 e. The van der Waals surface area contributed by atoms with Gasteiger partial charge in [0.1, 0.15) is 0 Å². The van der Waals surface area contributed by atoms with Crippen LogP contribution in [0.15, 0.2) is 0 Å². The standard InChI is InChI=1S/C17H36N2S/c1-6-8-10-11-13-15(3)18-16(20)19-17(4,5)14-12-9-7-2/h15H,6-14H2,1-5H3,(H2,18,19,20). The van der Waals surface area contributed by atoms with Gasteiger partial charge >= 0.3 is 0 Å². The molecule has 2 nitrogen and oxygen atoms in total. The molecule has 120 valence electrons. The van der Waals surface area contributed by atoms with Crippen molar-refractivity contribution in [2.45, 2.75) is 104 Å². The molecule has 2 N–H and O–H groups in total. The van der Waals surface area contributed by atoms with Crippen LogP contribution in [0.1, 0.15) is 92.4 Å². The lowest BCUT2D eigenvalue weighted by Crippen LogP contribution is -2.50. The van der Waals surface area contributed by atoms with Gasteiger partial charge < -0.3 is 10.6 Å². The summed E-state index contributed by atoms with van der Waals surface area (Å²) in [6.07, 6.45) is 11.5. The maximum atomic E-state index is 5.44. The van der Waals surface area contributed by atoms with E-state index in [1.807, 2.05) is 0 Å². The van der Waals surface area contributed by atoms with Crippen LogP contribution in [0.5, 0.6) is 0 Å². The van der Waals surface area contributed by atoms with Gasteiger partial charge in [-0.05, 0) is 45.8 Å². The minimum absolute atomic E-state index is 0.0984. The molecule has 20 heavy (non-hydrogen) atoms. The lowest BCUT2D eigenvalue weighted by molar-refractivity contribution is 0.399. The topological polar surface area (TPSA) is 24.1 Å². The minimum atomic E-state index is 0.0984. The summed E-state index contributed by atoms with van der Waals surface area (Å²) in [6.45, 7) is 11.2. The first-order valence-corrected chi connectivity index (χ1v) is 8.90. The summed E-state index contributed by atoms with van der Waals surface area (Å²) in [4.78, 5) is 0. The highest BCUT2D eigenvalue weighted by atomic mass is 32.1. The molecule has 1 atom stereocenters. The lowest BCUT2D eigenvalue weighted by atomic mass is 9.97. The minimum Gasteiger partial charge on any atom is -0.360 e. The zero-order valence-electron chi connectivity index (χ0n) is 14.3. The molecule has 0 amide bonds. The van der Waals surface area contributed by atoms with Crippen molar-refractivity contribution in [1.82, 2.24) is 10.6 Å². The van der Waals surface area contributed by atoms with Crippen molar-refractivity contribution in [3.8, 4) is 0 Å². The molecular weight excluding hydrogens is 264 g/mol. The van der Waals surface area contributed by atoms with Gasteiger partial charge in [0.25, 0.3) is 0 Å². The van der Waals surface area contributed by atoms with Crippen molar-refractivity contribution in [1.29, 1.82) is 0 Å². The van der Waals surface area contributed by atoms with E-state index in [9.17, 15) is 0 Å². The second-order valence-electron chi connectivity index (χ2n) is 6.69. The summed E-state index contributed by atoms with van der Waals surface area (Å²) >= 11 is 5.44. The van der Waals surface area contributed by atoms with Crippen LogP contribution >= 0.6 is 12.2 Å². The highest BCUT2D eigenvalue weighted by molar-refractivity contribution is 7.80. The fourth-order valence-electron chi connectivity index (χ4n) is 2.40. The first kappa shape index (κ1) is 19.7. The van der Waals surface area contributed by atoms with Gasteiger partial charge in [-0.1, -0.05) is 58.8 Å². The molecule has 0 radical (unpaired) electrons. The second kappa shape index (κ2) is 11.4. The summed E-state index contributed by atoms with van der Waals surface area (Å²) in [7, 11) is 0. The second-order valence-corrected chi connectivity index (χ2v) is 7.10. The summed E-state index contributed by atoms with van der Waals surface area (Å²) < 4.78 is 0. The monoisotopic (exact) mass is 300 g/mol. The van der Waals surface area contributed by atoms with Crippen LogP contribution in [0.25, 0.3) is 0 Å². The van der Waals surface area contributed by atoms with E-state index < -0.39 is 0 Å². The predicted octanol–water partition coefficient (Wildman–Crippen LogP) is 5.17. The highest BCUT2D eigenvalue weighted by Crippen LogP contribution is 2.14. The van der Waals surface area contributed by atoms with Crippen LogP contribution in [-0.2, 0) is 0 Å². The molecule has 0 aromatic rings. The van der Waals surface area contributed by atoms with E-state index in [4.69, 9.17) is 12.2 Å². The quantitative estimate of drug-likeness (QED) is 0.407. The molecule has 0 aliphatic rings. The first-order valence-electron chi connectivity index (χ1n) is 8.50. The van der Waals surface area contributed by atoms with Gasteiger partial charge in [0, 0.05) is 11.6 Å². The normalized spacial score (nSPS) is 13.1. The number of hydrogen-bond donors (Lipinski definition) is 2. The van der Waals surface area contributed by atoms with Gasteiger partial charge in [0.15, 0.2) is 5.11 Å². The van der Waals surface area contributed by atoms with Gasteiger partial charge in [-0.3, -0.25) is 0 Å². The molecule has 0 aliphatic carbocycles. The zero-order valence-corrected chi connectivity index (χ0v) is 15.2. The van der Waals surface area contributed by atoms with Gasteiger partial charge in [-0.15, -0.1) is 0 Å². The van der Waals surface area contributed by atoms with Gasteiger partial charge in [0.05, 0.1) is 0 Å². The van der Waals surface area contributed by atoms with Gasteiger partial charge in [-0.2, -0.15) is 0 Å². The maximum Gasteiger partial charge on any atom is 0.166 e. The fraction of sp³-hybridized carbons (Fsp3) is 0.941. The smallest absolute Gasteiger partial charge is 0.166 e. The number of nitrogens with one attached hydrogen (secondary N) is 2. The zero-order chi connectivity index (χ0) is 15.4. The Labute approximate surface area is 132 Å². The summed E-state index contributed by atoms with van der Waals surface area (Å²) in [5.74, 6) is 0. The van der Waals surface area contributed by atoms with Crippen molar-refractivity contribution < 1.29 is 0 Å². The Hall–Kier alpha value is -0.310. The Morgan fingerprint density at radius 2 is 1.60 bits per heavy atom. The van der Waals surface area contributed by atoms with Crippen molar-refractivity contribution in [3.05, 3.63) is 0 Å². The van der Waals surface area contributed by atoms with Crippen LogP contribution < -0.4 is 10.6 Å². The Morgan fingerprint density at radius 1 is 1.00 bits per heavy atom. The van der Waals surface area contributed by atoms with E-state index in [2.05, 4.69) is 45.3 Å². The molecule has 0 heterocycles. The molecule has 3 heteroatoms. The van der Waals surface area contributed by atoms with Crippen molar-refractivity contribution in [2.24, 2.45) is 0 Å². The van der Waals surface area contributed by atoms with Crippen molar-refractivity contribution in [3.63, 3.8) is 0 Å². The van der Waals surface area contributed by atoms with E-state index in [1.165, 1.54) is 57.8 Å². The summed E-state index contributed by atoms with van der Waals surface area (Å²) in [6, 6.07) is 0.471. The molecule has 0 fully saturated rings. The third-order valence-electron chi connectivity index (χ3n) is 3.73. The average Bonchev–Trinajstić information content (AvgIpc) is 2.34. The molecular formula is C17H36N2S. The van der Waals surface area contributed by atoms with E-state index in [0.717, 1.165) is 5.11 Å². The lowest BCUT2D eigenvalue weighted by Gasteiger charge is -2.29. The fourth-order valence-corrected chi connectivity index (χ4v) is 2.87. The Balaban J connectivity index is 3.84. The van der Waals surface area contributed by atoms with Gasteiger partial charge in [0.2, 0.25) is 0 Å². The number of unbranched alkanes of at least 4 members (excludes halogenated alkanes) is 5. The molecule has 0 saturated heterocycles. The third kappa shape index (κ3) is 11.5. The molecule has 0 aromatic heterocycles. The Kier molecular flexibility index (Phi) is 11.2. The van der Waals surface area contributed by atoms with E-state index in [-0.39, 0.29) is 5.54 Å². The molecule has 1 unspecified atom stereocenters. The predicted molar refractivity (Wildman–Crippen MR) is 95.3 cm³/mol. The SMILES string of the molecule is CCCCCCC(C)NC(=S)NC(C)(C)CCCCC. The van der Waals surface area contributed by atoms with E-state index in [0.29, 0.717) is 6.04 Å². The van der Waals surface area contributed by atoms with Crippen molar-refractivity contribution in [2.75, 3.05) is 0 Å². The molecule has 0 bridgehead atoms. The average molecular weight is 301 g/mol. The molecule has 0 aliphatic heterocycles. The molecule has 0 rings (SSSR count). The number of hydrogen-bond acceptors (Lipinski definition) is 1. The number of rotatable bonds is 11. The first-order chi connectivity index (χ1) is 9.41. The van der Waals surface area contributed by atoms with Crippen LogP contribution in [0.4, 0.5) is 0 Å². The highest BCUT2D eigenvalue weighted by Gasteiger charge is 2.18. The summed E-state index contributed by atoms with van der Waals surface area (Å²) in [5, 5.41) is 7.71. The van der Waals surface area contributed by atoms with E-state index >= 15 is 0 Å². The Morgan fingerprint density at radius 3 is 2.20 bits per heavy atom. The molecule has 0 spiro atoms. The number of thiocarbonyl (C=S) groups is 1. The summed E-state index contributed by atoms with van der Waals surface area (Å²) in [5.41, 5.74) is 0.0984. The van der Waals surface area contributed by atoms with Crippen molar-refractivity contribution >= 4 is 17.3 Å². The molecule has 0 saturated carbocycles. The van der Waals surface area contributed by atoms with Crippen LogP contribution in [0.3, 0.4) is 0 Å². The van der Waals surface area contributed by atoms with Gasteiger partial charge in [-0.25, -0.2) is 0 Å². The third-order valence-corrected chi connectivity index (χ3v) is 3.95.